The molecule has 0 saturated heterocycles. The summed E-state index contributed by atoms with van der Waals surface area (Å²) >= 11 is 0. The number of rotatable bonds is 3. The molecule has 0 fully saturated rings. The first-order valence-electron chi connectivity index (χ1n) is 3.96. The molecule has 0 aromatic heterocycles. The Morgan fingerprint density at radius 2 is 2.00 bits per heavy atom. The summed E-state index contributed by atoms with van der Waals surface area (Å²) in [6.07, 6.45) is 0. The van der Waals surface area contributed by atoms with E-state index in [2.05, 4.69) is 4.84 Å². The topological polar surface area (TPSA) is 98.7 Å². The molecule has 0 heterocycles. The van der Waals surface area contributed by atoms with Crippen molar-refractivity contribution in [2.45, 2.75) is 0 Å². The van der Waals surface area contributed by atoms with E-state index in [1.54, 1.807) is 0 Å². The minimum Gasteiger partial charge on any atom is -0.349 e. The van der Waals surface area contributed by atoms with Crippen LogP contribution >= 0.6 is 0 Å². The molecular formula is C8H9N3O4. The van der Waals surface area contributed by atoms with Gasteiger partial charge in [0.05, 0.1) is 10.5 Å². The van der Waals surface area contributed by atoms with Crippen molar-refractivity contribution in [3.63, 3.8) is 0 Å². The lowest BCUT2D eigenvalue weighted by Crippen LogP contribution is -2.29. The first kappa shape index (κ1) is 11.1. The van der Waals surface area contributed by atoms with Crippen LogP contribution in [0, 0.1) is 10.1 Å². The molecule has 80 valence electrons. The largest absolute Gasteiger partial charge is 0.358 e. The first-order chi connectivity index (χ1) is 7.00. The minimum atomic E-state index is -0.671. The molecule has 0 unspecified atom stereocenters. The molecule has 0 saturated carbocycles. The van der Waals surface area contributed by atoms with Crippen LogP contribution in [0.25, 0.3) is 0 Å². The van der Waals surface area contributed by atoms with Crippen molar-refractivity contribution >= 4 is 11.7 Å². The number of benzene rings is 1. The van der Waals surface area contributed by atoms with Crippen LogP contribution in [0.3, 0.4) is 0 Å². The van der Waals surface area contributed by atoms with Crippen molar-refractivity contribution in [1.82, 2.24) is 5.17 Å². The summed E-state index contributed by atoms with van der Waals surface area (Å²) in [6.45, 7) is 0. The average molecular weight is 211 g/mol. The zero-order valence-corrected chi connectivity index (χ0v) is 7.91. The Labute approximate surface area is 85.1 Å². The van der Waals surface area contributed by atoms with Gasteiger partial charge in [0.25, 0.3) is 5.69 Å². The molecule has 0 aliphatic heterocycles. The number of hydrazine groups is 1. The van der Waals surface area contributed by atoms with Crippen LogP contribution in [0.15, 0.2) is 24.3 Å². The fourth-order valence-electron chi connectivity index (χ4n) is 0.903. The second kappa shape index (κ2) is 4.49. The monoisotopic (exact) mass is 211 g/mol. The maximum absolute atomic E-state index is 11.2. The number of nitrogens with two attached hydrogens (primary N) is 1. The van der Waals surface area contributed by atoms with Gasteiger partial charge in [0, 0.05) is 19.2 Å². The third-order valence-corrected chi connectivity index (χ3v) is 1.54. The van der Waals surface area contributed by atoms with Crippen molar-refractivity contribution in [2.75, 3.05) is 7.05 Å². The molecule has 15 heavy (non-hydrogen) atoms. The predicted molar refractivity (Wildman–Crippen MR) is 50.5 cm³/mol. The maximum atomic E-state index is 11.2. The number of nitrogens with zero attached hydrogens (tertiary/aromatic N) is 2. The molecule has 0 bridgehead atoms. The Morgan fingerprint density at radius 1 is 1.47 bits per heavy atom. The van der Waals surface area contributed by atoms with Gasteiger partial charge in [-0.25, -0.2) is 10.6 Å². The molecule has 0 aliphatic rings. The van der Waals surface area contributed by atoms with Crippen LogP contribution in [0.1, 0.15) is 10.4 Å². The highest BCUT2D eigenvalue weighted by Gasteiger charge is 2.11. The SMILES string of the molecule is CN(N)OC(=O)c1ccc([N+](=O)[O-])cc1. The van der Waals surface area contributed by atoms with Gasteiger partial charge in [-0.05, 0) is 12.1 Å². The van der Waals surface area contributed by atoms with Crippen molar-refractivity contribution in [1.29, 1.82) is 0 Å². The van der Waals surface area contributed by atoms with E-state index in [-0.39, 0.29) is 11.3 Å². The lowest BCUT2D eigenvalue weighted by Gasteiger charge is -2.08. The van der Waals surface area contributed by atoms with Crippen LogP contribution in [-0.2, 0) is 4.84 Å². The van der Waals surface area contributed by atoms with Gasteiger partial charge in [-0.2, -0.15) is 0 Å². The van der Waals surface area contributed by atoms with Gasteiger partial charge in [0.1, 0.15) is 0 Å². The van der Waals surface area contributed by atoms with E-state index in [0.29, 0.717) is 0 Å². The molecule has 0 aliphatic carbocycles. The standard InChI is InChI=1S/C8H9N3O4/c1-10(9)15-8(12)6-2-4-7(5-3-6)11(13)14/h2-5H,9H2,1H3. The van der Waals surface area contributed by atoms with E-state index in [4.69, 9.17) is 5.84 Å². The van der Waals surface area contributed by atoms with Crippen LogP contribution in [-0.4, -0.2) is 23.1 Å². The number of hydroxylamine groups is 1. The van der Waals surface area contributed by atoms with Crippen molar-refractivity contribution in [2.24, 2.45) is 5.84 Å². The van der Waals surface area contributed by atoms with Gasteiger partial charge in [0.15, 0.2) is 0 Å². The number of hydrogen-bond acceptors (Lipinski definition) is 6. The van der Waals surface area contributed by atoms with Gasteiger partial charge < -0.3 is 4.84 Å². The van der Waals surface area contributed by atoms with Gasteiger partial charge >= 0.3 is 5.97 Å². The Morgan fingerprint density at radius 3 is 2.40 bits per heavy atom. The quantitative estimate of drug-likeness (QED) is 0.443. The maximum Gasteiger partial charge on any atom is 0.358 e. The number of non-ortho nitro benzene ring substituents is 1. The summed E-state index contributed by atoms with van der Waals surface area (Å²) in [4.78, 5) is 25.5. The van der Waals surface area contributed by atoms with Gasteiger partial charge in [0.2, 0.25) is 0 Å². The fraction of sp³-hybridized carbons (Fsp3) is 0.125. The molecule has 0 spiro atoms. The van der Waals surface area contributed by atoms with E-state index in [9.17, 15) is 14.9 Å². The third kappa shape index (κ3) is 3.01. The van der Waals surface area contributed by atoms with Crippen LogP contribution < -0.4 is 5.84 Å². The van der Waals surface area contributed by atoms with Crippen molar-refractivity contribution < 1.29 is 14.6 Å². The van der Waals surface area contributed by atoms with E-state index in [1.165, 1.54) is 31.3 Å². The zero-order chi connectivity index (χ0) is 11.4. The average Bonchev–Trinajstić information content (AvgIpc) is 2.17. The highest BCUT2D eigenvalue weighted by molar-refractivity contribution is 5.89. The molecule has 0 atom stereocenters. The van der Waals surface area contributed by atoms with Crippen LogP contribution in [0.2, 0.25) is 0 Å². The molecule has 7 heteroatoms. The predicted octanol–water partition coefficient (Wildman–Crippen LogP) is 0.472. The molecule has 0 radical (unpaired) electrons. The van der Waals surface area contributed by atoms with Crippen LogP contribution in [0.4, 0.5) is 5.69 Å². The second-order valence-corrected chi connectivity index (χ2v) is 2.73. The highest BCUT2D eigenvalue weighted by Crippen LogP contribution is 2.12. The molecule has 0 amide bonds. The van der Waals surface area contributed by atoms with E-state index in [1.807, 2.05) is 0 Å². The Hall–Kier alpha value is -1.99. The van der Waals surface area contributed by atoms with Gasteiger partial charge in [-0.3, -0.25) is 10.1 Å². The Balaban J connectivity index is 2.80. The lowest BCUT2D eigenvalue weighted by atomic mass is 10.2. The number of nitro groups is 1. The van der Waals surface area contributed by atoms with Crippen molar-refractivity contribution in [3.8, 4) is 0 Å². The molecule has 7 nitrogen and oxygen atoms in total. The number of carbonyl (C=O) groups is 1. The number of hydrogen-bond donors (Lipinski definition) is 1. The zero-order valence-electron chi connectivity index (χ0n) is 7.91. The normalized spacial score (nSPS) is 10.1. The Kier molecular flexibility index (Phi) is 3.32. The highest BCUT2D eigenvalue weighted by atomic mass is 16.7. The molecular weight excluding hydrogens is 202 g/mol. The second-order valence-electron chi connectivity index (χ2n) is 2.73. The third-order valence-electron chi connectivity index (χ3n) is 1.54. The van der Waals surface area contributed by atoms with E-state index in [0.717, 1.165) is 5.17 Å². The smallest absolute Gasteiger partial charge is 0.349 e. The summed E-state index contributed by atoms with van der Waals surface area (Å²) in [6, 6.07) is 5.02. The van der Waals surface area contributed by atoms with E-state index >= 15 is 0 Å². The number of carbonyl (C=O) groups excluding carboxylic acids is 1. The summed E-state index contributed by atoms with van der Waals surface area (Å²) in [7, 11) is 1.35. The van der Waals surface area contributed by atoms with Crippen LogP contribution in [0.5, 0.6) is 0 Å². The Bertz CT molecular complexity index is 374. The van der Waals surface area contributed by atoms with E-state index < -0.39 is 10.9 Å². The molecule has 1 aromatic carbocycles. The molecule has 1 rings (SSSR count). The molecule has 2 N–H and O–H groups in total. The van der Waals surface area contributed by atoms with Gasteiger partial charge in [-0.15, -0.1) is 0 Å². The van der Waals surface area contributed by atoms with Gasteiger partial charge in [-0.1, -0.05) is 5.17 Å². The lowest BCUT2D eigenvalue weighted by molar-refractivity contribution is -0.384. The minimum absolute atomic E-state index is 0.0901. The number of nitro benzene ring substituents is 1. The first-order valence-corrected chi connectivity index (χ1v) is 3.96. The fourth-order valence-corrected chi connectivity index (χ4v) is 0.903. The van der Waals surface area contributed by atoms with Crippen molar-refractivity contribution in [3.05, 3.63) is 39.9 Å². The summed E-state index contributed by atoms with van der Waals surface area (Å²) in [5.74, 6) is 4.42. The summed E-state index contributed by atoms with van der Waals surface area (Å²) in [5.41, 5.74) is 0.102. The molecule has 1 aromatic rings. The summed E-state index contributed by atoms with van der Waals surface area (Å²) < 4.78 is 0. The summed E-state index contributed by atoms with van der Waals surface area (Å²) in [5, 5.41) is 11.1.